The lowest BCUT2D eigenvalue weighted by Crippen LogP contribution is -2.28. The first-order valence-corrected chi connectivity index (χ1v) is 10.2. The summed E-state index contributed by atoms with van der Waals surface area (Å²) < 4.78 is 13.0. The van der Waals surface area contributed by atoms with Gasteiger partial charge in [0.05, 0.1) is 25.1 Å². The van der Waals surface area contributed by atoms with E-state index in [1.165, 1.54) is 36.8 Å². The van der Waals surface area contributed by atoms with Crippen molar-refractivity contribution in [3.63, 3.8) is 0 Å². The van der Waals surface area contributed by atoms with E-state index in [0.29, 0.717) is 5.82 Å². The fourth-order valence-corrected chi connectivity index (χ4v) is 3.61. The Balaban J connectivity index is 0.000000181. The summed E-state index contributed by atoms with van der Waals surface area (Å²) in [7, 11) is 0. The minimum absolute atomic E-state index is 0.142. The Kier molecular flexibility index (Phi) is 8.32. The van der Waals surface area contributed by atoms with E-state index in [4.69, 9.17) is 15.2 Å². The highest BCUT2D eigenvalue weighted by Gasteiger charge is 2.36. The summed E-state index contributed by atoms with van der Waals surface area (Å²) in [6.45, 7) is 9.74. The van der Waals surface area contributed by atoms with E-state index in [1.807, 2.05) is 19.9 Å². The first kappa shape index (κ1) is 21.5. The highest BCUT2D eigenvalue weighted by molar-refractivity contribution is 5.47. The zero-order valence-electron chi connectivity index (χ0n) is 17.3. The average molecular weight is 374 g/mol. The second-order valence-electron chi connectivity index (χ2n) is 6.98. The van der Waals surface area contributed by atoms with Crippen LogP contribution in [0.25, 0.3) is 5.69 Å². The minimum Gasteiger partial charge on any atom is -0.384 e. The van der Waals surface area contributed by atoms with Gasteiger partial charge in [-0.05, 0) is 38.3 Å². The van der Waals surface area contributed by atoms with Gasteiger partial charge in [-0.15, -0.1) is 0 Å². The fourth-order valence-electron chi connectivity index (χ4n) is 3.61. The quantitative estimate of drug-likeness (QED) is 0.748. The number of nitrogen functional groups attached to an aromatic ring is 1. The van der Waals surface area contributed by atoms with Crippen molar-refractivity contribution in [2.24, 2.45) is 0 Å². The van der Waals surface area contributed by atoms with Crippen molar-refractivity contribution in [1.29, 1.82) is 0 Å². The maximum Gasteiger partial charge on any atom is 0.168 e. The molecule has 1 aromatic heterocycles. The van der Waals surface area contributed by atoms with Crippen LogP contribution in [0.2, 0.25) is 0 Å². The monoisotopic (exact) mass is 373 g/mol. The molecule has 0 unspecified atom stereocenters. The Hall–Kier alpha value is -1.85. The summed E-state index contributed by atoms with van der Waals surface area (Å²) in [6.07, 6.45) is 9.21. The molecule has 1 saturated carbocycles. The molecule has 2 fully saturated rings. The van der Waals surface area contributed by atoms with Gasteiger partial charge in [-0.1, -0.05) is 44.4 Å². The van der Waals surface area contributed by atoms with Crippen LogP contribution in [0.3, 0.4) is 0 Å². The molecule has 1 aliphatic carbocycles. The average Bonchev–Trinajstić information content (AvgIpc) is 3.23. The van der Waals surface area contributed by atoms with Gasteiger partial charge in [0.2, 0.25) is 0 Å². The Morgan fingerprint density at radius 2 is 1.59 bits per heavy atom. The Bertz CT molecular complexity index is 681. The molecule has 0 amide bonds. The molecule has 0 bridgehead atoms. The predicted octanol–water partition coefficient (Wildman–Crippen LogP) is 5.18. The molecule has 5 nitrogen and oxygen atoms in total. The van der Waals surface area contributed by atoms with Crippen LogP contribution in [-0.4, -0.2) is 28.8 Å². The van der Waals surface area contributed by atoms with Crippen molar-refractivity contribution < 1.29 is 9.47 Å². The van der Waals surface area contributed by atoms with Crippen LogP contribution in [-0.2, 0) is 9.47 Å². The molecule has 27 heavy (non-hydrogen) atoms. The van der Waals surface area contributed by atoms with Crippen molar-refractivity contribution >= 4 is 5.82 Å². The first-order chi connectivity index (χ1) is 13.1. The number of aryl methyl sites for hydroxylation is 2. The van der Waals surface area contributed by atoms with Crippen LogP contribution < -0.4 is 5.73 Å². The Labute approximate surface area is 163 Å². The fraction of sp³-hybridized carbons (Fsp3) is 0.591. The van der Waals surface area contributed by atoms with Gasteiger partial charge in [0, 0.05) is 18.9 Å². The van der Waals surface area contributed by atoms with Crippen LogP contribution in [0.15, 0.2) is 30.5 Å². The van der Waals surface area contributed by atoms with Crippen molar-refractivity contribution in [2.45, 2.75) is 72.0 Å². The van der Waals surface area contributed by atoms with Crippen molar-refractivity contribution in [2.75, 3.05) is 18.9 Å². The lowest BCUT2D eigenvalue weighted by molar-refractivity contribution is -0.165. The molecule has 150 valence electrons. The van der Waals surface area contributed by atoms with Gasteiger partial charge >= 0.3 is 0 Å². The third-order valence-electron chi connectivity index (χ3n) is 4.93. The van der Waals surface area contributed by atoms with E-state index in [2.05, 4.69) is 31.1 Å². The van der Waals surface area contributed by atoms with Gasteiger partial charge in [-0.3, -0.25) is 0 Å². The molecule has 2 N–H and O–H groups in total. The molecule has 1 saturated heterocycles. The topological polar surface area (TPSA) is 62.3 Å². The molecule has 2 heterocycles. The second kappa shape index (κ2) is 10.5. The lowest BCUT2D eigenvalue weighted by atomic mass is 10.1. The van der Waals surface area contributed by atoms with Crippen LogP contribution in [0.5, 0.6) is 0 Å². The highest BCUT2D eigenvalue weighted by Crippen LogP contribution is 2.34. The predicted molar refractivity (Wildman–Crippen MR) is 111 cm³/mol. The number of hydrogen-bond acceptors (Lipinski definition) is 4. The minimum atomic E-state index is -0.142. The number of nitrogens with zero attached hydrogens (tertiary/aromatic N) is 2. The normalized spacial score (nSPS) is 18.1. The lowest BCUT2D eigenvalue weighted by Gasteiger charge is -2.25. The zero-order chi connectivity index (χ0) is 19.7. The molecule has 0 radical (unpaired) electrons. The van der Waals surface area contributed by atoms with Crippen LogP contribution in [0, 0.1) is 13.8 Å². The van der Waals surface area contributed by atoms with Gasteiger partial charge in [0.15, 0.2) is 5.79 Å². The summed E-state index contributed by atoms with van der Waals surface area (Å²) in [5, 5.41) is 4.17. The van der Waals surface area contributed by atoms with E-state index in [1.54, 1.807) is 16.9 Å². The number of aromatic nitrogens is 2. The summed E-state index contributed by atoms with van der Waals surface area (Å²) in [5.74, 6) is 0.521. The highest BCUT2D eigenvalue weighted by atomic mass is 16.7. The van der Waals surface area contributed by atoms with E-state index in [0.717, 1.165) is 31.7 Å². The number of ether oxygens (including phenoxy) is 2. The molecule has 1 aliphatic heterocycles. The molecule has 2 aromatic rings. The van der Waals surface area contributed by atoms with Gasteiger partial charge < -0.3 is 15.2 Å². The Morgan fingerprint density at radius 1 is 0.963 bits per heavy atom. The molecule has 0 atom stereocenters. The molecule has 5 heteroatoms. The van der Waals surface area contributed by atoms with Crippen molar-refractivity contribution in [1.82, 2.24) is 9.78 Å². The summed E-state index contributed by atoms with van der Waals surface area (Å²) in [4.78, 5) is 0. The SMILES string of the molecule is C1CCCC2(CC1)OCCO2.CC.Cc1ccc(-n2nccc2N)c(C)c1. The van der Waals surface area contributed by atoms with E-state index in [-0.39, 0.29) is 5.79 Å². The van der Waals surface area contributed by atoms with Gasteiger partial charge in [0.1, 0.15) is 5.82 Å². The molecule has 1 aromatic carbocycles. The zero-order valence-corrected chi connectivity index (χ0v) is 17.3. The van der Waals surface area contributed by atoms with Gasteiger partial charge in [-0.2, -0.15) is 5.10 Å². The number of nitrogens with two attached hydrogens (primary N) is 1. The van der Waals surface area contributed by atoms with Crippen molar-refractivity contribution in [3.8, 4) is 5.69 Å². The van der Waals surface area contributed by atoms with Gasteiger partial charge in [0.25, 0.3) is 0 Å². The van der Waals surface area contributed by atoms with Crippen molar-refractivity contribution in [3.05, 3.63) is 41.6 Å². The summed E-state index contributed by atoms with van der Waals surface area (Å²) >= 11 is 0. The van der Waals surface area contributed by atoms with E-state index < -0.39 is 0 Å². The molecule has 2 aliphatic rings. The van der Waals surface area contributed by atoms with Crippen LogP contribution >= 0.6 is 0 Å². The molecule has 1 spiro atoms. The number of hydrogen-bond donors (Lipinski definition) is 1. The van der Waals surface area contributed by atoms with Gasteiger partial charge in [-0.25, -0.2) is 4.68 Å². The Morgan fingerprint density at radius 3 is 2.11 bits per heavy atom. The number of benzene rings is 1. The standard InChI is InChI=1S/C11H13N3.C9H16O2.C2H6/c1-8-3-4-10(9(2)7-8)14-11(12)5-6-13-14;1-2-4-6-9(5-3-1)10-7-8-11-9;1-2/h3-7H,12H2,1-2H3;1-8H2;1-2H3. The third-order valence-corrected chi connectivity index (χ3v) is 4.93. The molecular weight excluding hydrogens is 338 g/mol. The van der Waals surface area contributed by atoms with E-state index >= 15 is 0 Å². The van der Waals surface area contributed by atoms with Crippen LogP contribution in [0.4, 0.5) is 5.82 Å². The smallest absolute Gasteiger partial charge is 0.168 e. The van der Waals surface area contributed by atoms with Crippen LogP contribution in [0.1, 0.15) is 63.5 Å². The maximum atomic E-state index is 5.78. The largest absolute Gasteiger partial charge is 0.384 e. The second-order valence-corrected chi connectivity index (χ2v) is 6.98. The third kappa shape index (κ3) is 5.81. The first-order valence-electron chi connectivity index (χ1n) is 10.2. The summed E-state index contributed by atoms with van der Waals surface area (Å²) in [6, 6.07) is 8.01. The molecular formula is C22H35N3O2. The summed E-state index contributed by atoms with van der Waals surface area (Å²) in [5.41, 5.74) is 9.25. The maximum absolute atomic E-state index is 5.78. The van der Waals surface area contributed by atoms with E-state index in [9.17, 15) is 0 Å². The number of rotatable bonds is 1. The number of anilines is 1. The molecule has 4 rings (SSSR count).